The van der Waals surface area contributed by atoms with Crippen LogP contribution in [-0.4, -0.2) is 6.54 Å². The van der Waals surface area contributed by atoms with Gasteiger partial charge in [-0.1, -0.05) is 0 Å². The van der Waals surface area contributed by atoms with Crippen LogP contribution in [0.25, 0.3) is 0 Å². The third-order valence-corrected chi connectivity index (χ3v) is 1.70. The van der Waals surface area contributed by atoms with Crippen molar-refractivity contribution in [2.45, 2.75) is 6.04 Å². The van der Waals surface area contributed by atoms with Crippen molar-refractivity contribution in [3.8, 4) is 0 Å². The summed E-state index contributed by atoms with van der Waals surface area (Å²) in [6.07, 6.45) is 0. The fraction of sp³-hybridized carbons (Fsp3) is 0.250. The van der Waals surface area contributed by atoms with Gasteiger partial charge in [0.1, 0.15) is 11.6 Å². The van der Waals surface area contributed by atoms with Crippen LogP contribution in [0, 0.1) is 11.6 Å². The molecule has 0 bridgehead atoms. The van der Waals surface area contributed by atoms with E-state index in [-0.39, 0.29) is 6.04 Å². The Balaban J connectivity index is 2.39. The van der Waals surface area contributed by atoms with Crippen LogP contribution in [0.4, 0.5) is 8.78 Å². The minimum absolute atomic E-state index is 0.167. The molecule has 1 aromatic rings. The molecule has 11 heavy (non-hydrogen) atoms. The molecule has 1 heterocycles. The summed E-state index contributed by atoms with van der Waals surface area (Å²) in [5, 5.41) is 2.97. The lowest BCUT2D eigenvalue weighted by atomic mass is 10.1. The summed E-state index contributed by atoms with van der Waals surface area (Å²) < 4.78 is 25.1. The van der Waals surface area contributed by atoms with Gasteiger partial charge in [0.2, 0.25) is 0 Å². The summed E-state index contributed by atoms with van der Waals surface area (Å²) in [6, 6.07) is 3.76. The quantitative estimate of drug-likeness (QED) is 0.611. The average molecular weight is 155 g/mol. The van der Waals surface area contributed by atoms with E-state index in [2.05, 4.69) is 5.32 Å². The Hall–Kier alpha value is -0.960. The monoisotopic (exact) mass is 155 g/mol. The molecule has 0 aromatic heterocycles. The Kier molecular flexibility index (Phi) is 1.39. The summed E-state index contributed by atoms with van der Waals surface area (Å²) >= 11 is 0. The highest BCUT2D eigenvalue weighted by molar-refractivity contribution is 5.24. The van der Waals surface area contributed by atoms with Crippen molar-refractivity contribution in [3.63, 3.8) is 0 Å². The fourth-order valence-electron chi connectivity index (χ4n) is 1.07. The summed E-state index contributed by atoms with van der Waals surface area (Å²) in [5.74, 6) is -1.01. The fourth-order valence-corrected chi connectivity index (χ4v) is 1.07. The summed E-state index contributed by atoms with van der Waals surface area (Å²) in [5.41, 5.74) is 0.697. The molecule has 3 heteroatoms. The number of hydrogen-bond donors (Lipinski definition) is 1. The second-order valence-electron chi connectivity index (χ2n) is 2.66. The minimum atomic E-state index is -0.506. The van der Waals surface area contributed by atoms with E-state index in [4.69, 9.17) is 0 Å². The van der Waals surface area contributed by atoms with Crippen molar-refractivity contribution >= 4 is 0 Å². The first-order valence-electron chi connectivity index (χ1n) is 3.45. The molecule has 0 saturated carbocycles. The van der Waals surface area contributed by atoms with Crippen LogP contribution in [0.2, 0.25) is 0 Å². The van der Waals surface area contributed by atoms with Gasteiger partial charge < -0.3 is 5.32 Å². The first kappa shape index (κ1) is 6.73. The molecule has 1 aliphatic heterocycles. The Labute approximate surface area is 63.0 Å². The maximum Gasteiger partial charge on any atom is 0.126 e. The lowest BCUT2D eigenvalue weighted by molar-refractivity contribution is 0.579. The van der Waals surface area contributed by atoms with E-state index in [0.29, 0.717) is 5.56 Å². The molecular formula is C8H7F2N. The van der Waals surface area contributed by atoms with Gasteiger partial charge >= 0.3 is 0 Å². The first-order valence-corrected chi connectivity index (χ1v) is 3.45. The standard InChI is InChI=1S/C8H7F2N/c9-6-1-5(8-4-11-8)2-7(10)3-6/h1-3,8,11H,4H2/t8-/m1/s1. The molecule has 1 nitrogen and oxygen atoms in total. The second kappa shape index (κ2) is 2.27. The molecule has 0 amide bonds. The van der Waals surface area contributed by atoms with Crippen LogP contribution in [0.3, 0.4) is 0 Å². The SMILES string of the molecule is Fc1cc(F)cc([C@H]2CN2)c1. The van der Waals surface area contributed by atoms with Crippen molar-refractivity contribution in [2.24, 2.45) is 0 Å². The van der Waals surface area contributed by atoms with Crippen molar-refractivity contribution in [1.29, 1.82) is 0 Å². The lowest BCUT2D eigenvalue weighted by Gasteiger charge is -1.96. The highest BCUT2D eigenvalue weighted by Gasteiger charge is 2.22. The molecule has 58 valence electrons. The minimum Gasteiger partial charge on any atom is -0.307 e. The van der Waals surface area contributed by atoms with Crippen molar-refractivity contribution in [1.82, 2.24) is 5.32 Å². The number of benzene rings is 1. The van der Waals surface area contributed by atoms with Gasteiger partial charge in [0.15, 0.2) is 0 Å². The highest BCUT2D eigenvalue weighted by atomic mass is 19.1. The van der Waals surface area contributed by atoms with E-state index in [0.717, 1.165) is 12.6 Å². The smallest absolute Gasteiger partial charge is 0.126 e. The normalized spacial score (nSPS) is 21.8. The zero-order valence-electron chi connectivity index (χ0n) is 5.77. The van der Waals surface area contributed by atoms with Crippen LogP contribution >= 0.6 is 0 Å². The summed E-state index contributed by atoms with van der Waals surface area (Å²) in [7, 11) is 0. The van der Waals surface area contributed by atoms with Crippen molar-refractivity contribution in [3.05, 3.63) is 35.4 Å². The molecule has 1 aromatic carbocycles. The molecule has 0 radical (unpaired) electrons. The van der Waals surface area contributed by atoms with E-state index in [1.54, 1.807) is 0 Å². The summed E-state index contributed by atoms with van der Waals surface area (Å²) in [6.45, 7) is 0.822. The van der Waals surface area contributed by atoms with Crippen LogP contribution < -0.4 is 5.32 Å². The molecule has 1 fully saturated rings. The Morgan fingerprint density at radius 1 is 1.18 bits per heavy atom. The predicted octanol–water partition coefficient (Wildman–Crippen LogP) is 1.61. The molecule has 1 aliphatic rings. The van der Waals surface area contributed by atoms with E-state index in [1.807, 2.05) is 0 Å². The molecule has 1 N–H and O–H groups in total. The van der Waals surface area contributed by atoms with E-state index in [1.165, 1.54) is 12.1 Å². The highest BCUT2D eigenvalue weighted by Crippen LogP contribution is 2.22. The van der Waals surface area contributed by atoms with Crippen LogP contribution in [0.5, 0.6) is 0 Å². The van der Waals surface area contributed by atoms with E-state index >= 15 is 0 Å². The summed E-state index contributed by atoms with van der Waals surface area (Å²) in [4.78, 5) is 0. The molecule has 0 unspecified atom stereocenters. The van der Waals surface area contributed by atoms with Crippen LogP contribution in [0.1, 0.15) is 11.6 Å². The van der Waals surface area contributed by atoms with Gasteiger partial charge in [0.25, 0.3) is 0 Å². The number of rotatable bonds is 1. The van der Waals surface area contributed by atoms with E-state index < -0.39 is 11.6 Å². The van der Waals surface area contributed by atoms with Crippen LogP contribution in [0.15, 0.2) is 18.2 Å². The third-order valence-electron chi connectivity index (χ3n) is 1.70. The Morgan fingerprint density at radius 3 is 2.18 bits per heavy atom. The third kappa shape index (κ3) is 1.38. The first-order chi connectivity index (χ1) is 5.25. The predicted molar refractivity (Wildman–Crippen MR) is 37.1 cm³/mol. The van der Waals surface area contributed by atoms with Gasteiger partial charge in [-0.25, -0.2) is 8.78 Å². The molecule has 1 atom stereocenters. The van der Waals surface area contributed by atoms with Gasteiger partial charge in [-0.3, -0.25) is 0 Å². The topological polar surface area (TPSA) is 21.9 Å². The molecule has 0 aliphatic carbocycles. The molecule has 2 rings (SSSR count). The van der Waals surface area contributed by atoms with Gasteiger partial charge in [-0.2, -0.15) is 0 Å². The van der Waals surface area contributed by atoms with Crippen molar-refractivity contribution in [2.75, 3.05) is 6.54 Å². The zero-order chi connectivity index (χ0) is 7.84. The molecule has 1 saturated heterocycles. The van der Waals surface area contributed by atoms with Gasteiger partial charge in [0.05, 0.1) is 0 Å². The van der Waals surface area contributed by atoms with Gasteiger partial charge in [-0.05, 0) is 17.7 Å². The maximum atomic E-state index is 12.5. The maximum absolute atomic E-state index is 12.5. The molecular weight excluding hydrogens is 148 g/mol. The largest absolute Gasteiger partial charge is 0.307 e. The van der Waals surface area contributed by atoms with Gasteiger partial charge in [0, 0.05) is 18.7 Å². The molecule has 0 spiro atoms. The van der Waals surface area contributed by atoms with Crippen molar-refractivity contribution < 1.29 is 8.78 Å². The number of halogens is 2. The van der Waals surface area contributed by atoms with Crippen LogP contribution in [-0.2, 0) is 0 Å². The lowest BCUT2D eigenvalue weighted by Crippen LogP contribution is -1.88. The Bertz CT molecular complexity index is 261. The zero-order valence-corrected chi connectivity index (χ0v) is 5.77. The average Bonchev–Trinajstić information content (AvgIpc) is 2.64. The Morgan fingerprint density at radius 2 is 1.73 bits per heavy atom. The van der Waals surface area contributed by atoms with Gasteiger partial charge in [-0.15, -0.1) is 0 Å². The van der Waals surface area contributed by atoms with E-state index in [9.17, 15) is 8.78 Å². The number of hydrogen-bond acceptors (Lipinski definition) is 1. The second-order valence-corrected chi connectivity index (χ2v) is 2.66. The number of nitrogens with one attached hydrogen (secondary N) is 1.